The minimum Gasteiger partial charge on any atom is -0.468 e. The summed E-state index contributed by atoms with van der Waals surface area (Å²) in [4.78, 5) is 23.7. The number of nitrogens with zero attached hydrogens (tertiary/aromatic N) is 2. The van der Waals surface area contributed by atoms with E-state index in [1.54, 1.807) is 0 Å². The first-order chi connectivity index (χ1) is 9.67. The topological polar surface area (TPSA) is 81.2 Å². The maximum Gasteiger partial charge on any atom is 0.316 e. The summed E-state index contributed by atoms with van der Waals surface area (Å²) in [5.41, 5.74) is 0. The predicted molar refractivity (Wildman–Crippen MR) is 79.3 cm³/mol. The second-order valence-electron chi connectivity index (χ2n) is 3.54. The number of hydrogen-bond donors (Lipinski definition) is 1. The third-order valence-corrected chi connectivity index (χ3v) is 4.93. The van der Waals surface area contributed by atoms with Gasteiger partial charge in [-0.05, 0) is 11.4 Å². The van der Waals surface area contributed by atoms with Crippen LogP contribution in [0.2, 0.25) is 0 Å². The zero-order valence-corrected chi connectivity index (χ0v) is 12.9. The lowest BCUT2D eigenvalue weighted by Gasteiger charge is -1.98. The van der Waals surface area contributed by atoms with Gasteiger partial charge in [-0.2, -0.15) is 0 Å². The van der Waals surface area contributed by atoms with Gasteiger partial charge in [0.05, 0.1) is 19.3 Å². The van der Waals surface area contributed by atoms with E-state index in [-0.39, 0.29) is 17.6 Å². The average Bonchev–Trinajstić information content (AvgIpc) is 3.07. The number of rotatable bonds is 6. The monoisotopic (exact) mass is 329 g/mol. The third-order valence-electron chi connectivity index (χ3n) is 2.11. The summed E-state index contributed by atoms with van der Waals surface area (Å²) in [6.07, 6.45) is 0.321. The van der Waals surface area contributed by atoms with Crippen LogP contribution >= 0.6 is 34.4 Å². The van der Waals surface area contributed by atoms with Crippen LogP contribution in [0.1, 0.15) is 4.88 Å². The van der Waals surface area contributed by atoms with Gasteiger partial charge in [0.25, 0.3) is 0 Å². The molecule has 0 spiro atoms. The molecule has 106 valence electrons. The molecule has 2 aromatic heterocycles. The minimum absolute atomic E-state index is 0.131. The molecule has 0 bridgehead atoms. The van der Waals surface area contributed by atoms with Crippen LogP contribution in [0.3, 0.4) is 0 Å². The minimum atomic E-state index is -0.325. The Morgan fingerprint density at radius 1 is 1.45 bits per heavy atom. The van der Waals surface area contributed by atoms with E-state index in [1.165, 1.54) is 41.5 Å². The molecule has 0 unspecified atom stereocenters. The van der Waals surface area contributed by atoms with E-state index >= 15 is 0 Å². The van der Waals surface area contributed by atoms with Crippen molar-refractivity contribution in [1.29, 1.82) is 0 Å². The molecule has 2 heterocycles. The number of carbonyl (C=O) groups excluding carboxylic acids is 2. The van der Waals surface area contributed by atoms with Crippen molar-refractivity contribution in [3.05, 3.63) is 22.4 Å². The smallest absolute Gasteiger partial charge is 0.316 e. The van der Waals surface area contributed by atoms with Crippen molar-refractivity contribution in [2.24, 2.45) is 0 Å². The Morgan fingerprint density at radius 2 is 2.30 bits per heavy atom. The van der Waals surface area contributed by atoms with Gasteiger partial charge >= 0.3 is 5.97 Å². The highest BCUT2D eigenvalue weighted by molar-refractivity contribution is 8.01. The van der Waals surface area contributed by atoms with E-state index in [0.29, 0.717) is 15.9 Å². The summed E-state index contributed by atoms with van der Waals surface area (Å²) in [5, 5.41) is 12.8. The summed E-state index contributed by atoms with van der Waals surface area (Å²) in [5.74, 6) is -0.282. The third kappa shape index (κ3) is 4.58. The van der Waals surface area contributed by atoms with Crippen LogP contribution in [0.4, 0.5) is 5.13 Å². The molecule has 0 saturated heterocycles. The quantitative estimate of drug-likeness (QED) is 0.496. The van der Waals surface area contributed by atoms with Crippen LogP contribution in [0, 0.1) is 0 Å². The number of methoxy groups -OCH3 is 1. The lowest BCUT2D eigenvalue weighted by molar-refractivity contribution is -0.137. The van der Waals surface area contributed by atoms with Crippen molar-refractivity contribution < 1.29 is 14.3 Å². The molecule has 9 heteroatoms. The number of thiophene rings is 1. The highest BCUT2D eigenvalue weighted by Gasteiger charge is 2.11. The Balaban J connectivity index is 1.83. The normalized spacial score (nSPS) is 10.2. The molecule has 20 heavy (non-hydrogen) atoms. The number of thioether (sulfide) groups is 1. The van der Waals surface area contributed by atoms with Crippen LogP contribution < -0.4 is 5.32 Å². The summed E-state index contributed by atoms with van der Waals surface area (Å²) >= 11 is 3.99. The molecule has 0 saturated carbocycles. The van der Waals surface area contributed by atoms with Gasteiger partial charge in [-0.15, -0.1) is 21.5 Å². The van der Waals surface area contributed by atoms with E-state index in [2.05, 4.69) is 20.3 Å². The van der Waals surface area contributed by atoms with Crippen LogP contribution in [0.25, 0.3) is 0 Å². The molecule has 6 nitrogen and oxygen atoms in total. The molecule has 1 N–H and O–H groups in total. The molecule has 1 amide bonds. The highest BCUT2D eigenvalue weighted by atomic mass is 32.2. The highest BCUT2D eigenvalue weighted by Crippen LogP contribution is 2.25. The second kappa shape index (κ2) is 7.36. The predicted octanol–water partition coefficient (Wildman–Crippen LogP) is 2.05. The summed E-state index contributed by atoms with van der Waals surface area (Å²) < 4.78 is 5.14. The Hall–Kier alpha value is -1.45. The standard InChI is InChI=1S/C11H11N3O3S3/c1-17-9(16)6-19-11-14-13-10(20-11)12-8(15)5-7-3-2-4-18-7/h2-4H,5-6H2,1H3,(H,12,13,15). The Morgan fingerprint density at radius 3 is 3.00 bits per heavy atom. The lowest BCUT2D eigenvalue weighted by atomic mass is 10.3. The molecule has 2 aromatic rings. The summed E-state index contributed by atoms with van der Waals surface area (Å²) in [6, 6.07) is 3.81. The van der Waals surface area contributed by atoms with Crippen LogP contribution in [-0.4, -0.2) is 34.9 Å². The van der Waals surface area contributed by atoms with Crippen molar-refractivity contribution in [1.82, 2.24) is 10.2 Å². The number of carbonyl (C=O) groups is 2. The fourth-order valence-electron chi connectivity index (χ4n) is 1.23. The Kier molecular flexibility index (Phi) is 5.50. The molecule has 0 atom stereocenters. The average molecular weight is 329 g/mol. The van der Waals surface area contributed by atoms with Crippen molar-refractivity contribution in [2.75, 3.05) is 18.2 Å². The second-order valence-corrected chi connectivity index (χ2v) is 6.77. The van der Waals surface area contributed by atoms with E-state index in [4.69, 9.17) is 0 Å². The van der Waals surface area contributed by atoms with Gasteiger partial charge < -0.3 is 10.1 Å². The fraction of sp³-hybridized carbons (Fsp3) is 0.273. The van der Waals surface area contributed by atoms with Gasteiger partial charge in [0.15, 0.2) is 4.34 Å². The first-order valence-electron chi connectivity index (χ1n) is 5.52. The number of esters is 1. The molecule has 0 aliphatic rings. The summed E-state index contributed by atoms with van der Waals surface area (Å²) in [7, 11) is 1.33. The van der Waals surface area contributed by atoms with Gasteiger partial charge in [0.2, 0.25) is 11.0 Å². The lowest BCUT2D eigenvalue weighted by Crippen LogP contribution is -2.13. The van der Waals surface area contributed by atoms with Gasteiger partial charge in [-0.1, -0.05) is 29.2 Å². The maximum absolute atomic E-state index is 11.8. The number of nitrogens with one attached hydrogen (secondary N) is 1. The molecule has 0 fully saturated rings. The molecular formula is C11H11N3O3S3. The van der Waals surface area contributed by atoms with Crippen molar-refractivity contribution in [3.63, 3.8) is 0 Å². The van der Waals surface area contributed by atoms with E-state index in [9.17, 15) is 9.59 Å². The number of aromatic nitrogens is 2. The Labute approximate surface area is 127 Å². The molecule has 0 aliphatic carbocycles. The van der Waals surface area contributed by atoms with Crippen molar-refractivity contribution in [3.8, 4) is 0 Å². The fourth-order valence-corrected chi connectivity index (χ4v) is 3.54. The van der Waals surface area contributed by atoms with Gasteiger partial charge in [-0.3, -0.25) is 9.59 Å². The molecule has 0 aliphatic heterocycles. The first-order valence-corrected chi connectivity index (χ1v) is 8.21. The van der Waals surface area contributed by atoms with E-state index < -0.39 is 0 Å². The summed E-state index contributed by atoms with van der Waals surface area (Å²) in [6.45, 7) is 0. The molecule has 0 aromatic carbocycles. The van der Waals surface area contributed by atoms with Crippen LogP contribution in [-0.2, 0) is 20.7 Å². The first kappa shape index (κ1) is 14.9. The van der Waals surface area contributed by atoms with Gasteiger partial charge in [-0.25, -0.2) is 0 Å². The molecule has 0 radical (unpaired) electrons. The zero-order chi connectivity index (χ0) is 14.4. The molecule has 2 rings (SSSR count). The van der Waals surface area contributed by atoms with Crippen LogP contribution in [0.15, 0.2) is 21.9 Å². The van der Waals surface area contributed by atoms with Crippen LogP contribution in [0.5, 0.6) is 0 Å². The largest absolute Gasteiger partial charge is 0.468 e. The van der Waals surface area contributed by atoms with E-state index in [0.717, 1.165) is 4.88 Å². The van der Waals surface area contributed by atoms with Gasteiger partial charge in [0, 0.05) is 4.88 Å². The maximum atomic E-state index is 11.8. The number of ether oxygens (including phenoxy) is 1. The zero-order valence-electron chi connectivity index (χ0n) is 10.5. The number of amides is 1. The Bertz CT molecular complexity index is 583. The SMILES string of the molecule is COC(=O)CSc1nnc(NC(=O)Cc2cccs2)s1. The number of hydrogen-bond acceptors (Lipinski definition) is 8. The van der Waals surface area contributed by atoms with Gasteiger partial charge in [0.1, 0.15) is 0 Å². The van der Waals surface area contributed by atoms with Crippen molar-refractivity contribution >= 4 is 51.4 Å². The molecular weight excluding hydrogens is 318 g/mol. The van der Waals surface area contributed by atoms with Crippen molar-refractivity contribution in [2.45, 2.75) is 10.8 Å². The van der Waals surface area contributed by atoms with E-state index in [1.807, 2.05) is 17.5 Å². The number of anilines is 1.